The average Bonchev–Trinajstić information content (AvgIpc) is 1.90. The largest absolute Gasteiger partial charge is 0.305 e. The second kappa shape index (κ2) is 3.36. The van der Waals surface area contributed by atoms with E-state index in [0.717, 1.165) is 5.37 Å². The van der Waals surface area contributed by atoms with Gasteiger partial charge in [0.2, 0.25) is 0 Å². The van der Waals surface area contributed by atoms with Gasteiger partial charge in [-0.1, -0.05) is 6.92 Å². The van der Waals surface area contributed by atoms with Crippen LogP contribution in [0.2, 0.25) is 0 Å². The highest BCUT2D eigenvalue weighted by Crippen LogP contribution is 2.15. The molecule has 0 spiro atoms. The molecule has 0 aromatic rings. The fraction of sp³-hybridized carbons (Fsp3) is 1.00. The Hall–Kier alpha value is 0.310. The van der Waals surface area contributed by atoms with Gasteiger partial charge in [0, 0.05) is 0 Å². The van der Waals surface area contributed by atoms with E-state index in [0.29, 0.717) is 0 Å². The molecule has 2 heteroatoms. The van der Waals surface area contributed by atoms with Crippen molar-refractivity contribution in [3.8, 4) is 0 Å². The molecule has 1 aliphatic rings. The Morgan fingerprint density at radius 2 is 2.62 bits per heavy atom. The van der Waals surface area contributed by atoms with E-state index in [1.54, 1.807) is 0 Å². The zero-order valence-corrected chi connectivity index (χ0v) is 6.13. The fourth-order valence-corrected chi connectivity index (χ4v) is 1.95. The van der Waals surface area contributed by atoms with Crippen molar-refractivity contribution in [1.29, 1.82) is 0 Å². The van der Waals surface area contributed by atoms with Crippen LogP contribution in [-0.2, 0) is 0 Å². The van der Waals surface area contributed by atoms with Crippen molar-refractivity contribution < 1.29 is 0 Å². The summed E-state index contributed by atoms with van der Waals surface area (Å²) in [5.41, 5.74) is 0. The van der Waals surface area contributed by atoms with E-state index in [-0.39, 0.29) is 0 Å². The lowest BCUT2D eigenvalue weighted by atomic mass is 10.4. The van der Waals surface area contributed by atoms with Crippen LogP contribution in [0.4, 0.5) is 0 Å². The van der Waals surface area contributed by atoms with Crippen molar-refractivity contribution in [3.63, 3.8) is 0 Å². The van der Waals surface area contributed by atoms with Crippen LogP contribution in [0.3, 0.4) is 0 Å². The Kier molecular flexibility index (Phi) is 2.70. The van der Waals surface area contributed by atoms with Crippen molar-refractivity contribution in [1.82, 2.24) is 5.32 Å². The lowest BCUT2D eigenvalue weighted by Crippen LogP contribution is -2.30. The first-order valence-electron chi connectivity index (χ1n) is 3.28. The molecule has 0 aliphatic carbocycles. The molecule has 0 bridgehead atoms. The number of hydrogen-bond donors (Lipinski definition) is 1. The van der Waals surface area contributed by atoms with E-state index >= 15 is 0 Å². The maximum absolute atomic E-state index is 3.43. The molecule has 8 heavy (non-hydrogen) atoms. The summed E-state index contributed by atoms with van der Waals surface area (Å²) in [5.74, 6) is 1.35. The topological polar surface area (TPSA) is 12.0 Å². The number of thioether (sulfide) groups is 1. The summed E-state index contributed by atoms with van der Waals surface area (Å²) >= 11 is 2.05. The maximum atomic E-state index is 3.43. The van der Waals surface area contributed by atoms with Crippen LogP contribution < -0.4 is 5.32 Å². The molecule has 1 heterocycles. The normalized spacial score (nSPS) is 30.4. The second-order valence-corrected chi connectivity index (χ2v) is 3.39. The van der Waals surface area contributed by atoms with Crippen molar-refractivity contribution in [3.05, 3.63) is 0 Å². The van der Waals surface area contributed by atoms with Crippen LogP contribution in [0.15, 0.2) is 0 Å². The molecule has 1 rings (SSSR count). The predicted octanol–water partition coefficient (Wildman–Crippen LogP) is 1.45. The quantitative estimate of drug-likeness (QED) is 0.578. The fourth-order valence-electron chi connectivity index (χ4n) is 0.882. The van der Waals surface area contributed by atoms with Gasteiger partial charge >= 0.3 is 0 Å². The molecule has 0 amide bonds. The molecule has 1 N–H and O–H groups in total. The zero-order chi connectivity index (χ0) is 5.82. The van der Waals surface area contributed by atoms with E-state index in [1.165, 1.54) is 25.1 Å². The summed E-state index contributed by atoms with van der Waals surface area (Å²) in [5, 5.41) is 4.19. The summed E-state index contributed by atoms with van der Waals surface area (Å²) in [7, 11) is 0. The van der Waals surface area contributed by atoms with Gasteiger partial charge in [-0.05, 0) is 25.1 Å². The van der Waals surface area contributed by atoms with Gasteiger partial charge in [0.1, 0.15) is 0 Å². The lowest BCUT2D eigenvalue weighted by Gasteiger charge is -2.20. The molecule has 1 fully saturated rings. The molecular weight excluding hydrogens is 118 g/mol. The van der Waals surface area contributed by atoms with Gasteiger partial charge in [-0.25, -0.2) is 0 Å². The first kappa shape index (κ1) is 6.43. The first-order chi connectivity index (χ1) is 3.93. The van der Waals surface area contributed by atoms with Crippen molar-refractivity contribution in [2.45, 2.75) is 25.1 Å². The minimum absolute atomic E-state index is 0.753. The van der Waals surface area contributed by atoms with E-state index in [1.807, 2.05) is 0 Å². The van der Waals surface area contributed by atoms with E-state index in [4.69, 9.17) is 0 Å². The van der Waals surface area contributed by atoms with Crippen LogP contribution in [0.25, 0.3) is 0 Å². The van der Waals surface area contributed by atoms with Crippen molar-refractivity contribution in [2.24, 2.45) is 0 Å². The molecule has 0 radical (unpaired) electrons. The molecule has 48 valence electrons. The Morgan fingerprint density at radius 1 is 1.75 bits per heavy atom. The Morgan fingerprint density at radius 3 is 3.00 bits per heavy atom. The lowest BCUT2D eigenvalue weighted by molar-refractivity contribution is 0.607. The SMILES string of the molecule is CCC1NCCCS1. The highest BCUT2D eigenvalue weighted by atomic mass is 32.2. The van der Waals surface area contributed by atoms with E-state index in [2.05, 4.69) is 24.0 Å². The second-order valence-electron chi connectivity index (χ2n) is 2.08. The maximum Gasteiger partial charge on any atom is 0.0529 e. The minimum Gasteiger partial charge on any atom is -0.305 e. The van der Waals surface area contributed by atoms with Gasteiger partial charge in [0.15, 0.2) is 0 Å². The Labute approximate surface area is 55.2 Å². The molecule has 1 nitrogen and oxygen atoms in total. The number of hydrogen-bond acceptors (Lipinski definition) is 2. The third-order valence-electron chi connectivity index (χ3n) is 1.38. The van der Waals surface area contributed by atoms with Gasteiger partial charge in [-0.3, -0.25) is 0 Å². The van der Waals surface area contributed by atoms with Crippen LogP contribution >= 0.6 is 11.8 Å². The predicted molar refractivity (Wildman–Crippen MR) is 39.2 cm³/mol. The van der Waals surface area contributed by atoms with E-state index < -0.39 is 0 Å². The molecule has 1 aliphatic heterocycles. The molecular formula is C6H13NS. The van der Waals surface area contributed by atoms with Crippen LogP contribution in [0.5, 0.6) is 0 Å². The van der Waals surface area contributed by atoms with Gasteiger partial charge in [0.25, 0.3) is 0 Å². The van der Waals surface area contributed by atoms with Gasteiger partial charge < -0.3 is 5.32 Å². The highest BCUT2D eigenvalue weighted by Gasteiger charge is 2.08. The first-order valence-corrected chi connectivity index (χ1v) is 4.33. The molecule has 1 saturated heterocycles. The van der Waals surface area contributed by atoms with Crippen LogP contribution in [-0.4, -0.2) is 17.7 Å². The summed E-state index contributed by atoms with van der Waals surface area (Å²) < 4.78 is 0. The van der Waals surface area contributed by atoms with Crippen LogP contribution in [0.1, 0.15) is 19.8 Å². The summed E-state index contributed by atoms with van der Waals surface area (Å²) in [6.07, 6.45) is 2.62. The Bertz CT molecular complexity index is 59.5. The van der Waals surface area contributed by atoms with Crippen molar-refractivity contribution >= 4 is 11.8 Å². The van der Waals surface area contributed by atoms with E-state index in [9.17, 15) is 0 Å². The molecule has 0 aromatic heterocycles. The zero-order valence-electron chi connectivity index (χ0n) is 5.31. The summed E-state index contributed by atoms with van der Waals surface area (Å²) in [4.78, 5) is 0. The van der Waals surface area contributed by atoms with Gasteiger partial charge in [0.05, 0.1) is 5.37 Å². The van der Waals surface area contributed by atoms with Gasteiger partial charge in [-0.15, -0.1) is 11.8 Å². The number of nitrogens with one attached hydrogen (secondary N) is 1. The standard InChI is InChI=1S/C6H13NS/c1-2-6-7-4-3-5-8-6/h6-7H,2-5H2,1H3. The third kappa shape index (κ3) is 1.67. The summed E-state index contributed by atoms with van der Waals surface area (Å²) in [6.45, 7) is 3.46. The average molecular weight is 131 g/mol. The van der Waals surface area contributed by atoms with Crippen molar-refractivity contribution in [2.75, 3.05) is 12.3 Å². The molecule has 0 aromatic carbocycles. The minimum atomic E-state index is 0.753. The van der Waals surface area contributed by atoms with Crippen LogP contribution in [0, 0.1) is 0 Å². The smallest absolute Gasteiger partial charge is 0.0529 e. The molecule has 0 saturated carbocycles. The number of rotatable bonds is 1. The highest BCUT2D eigenvalue weighted by molar-refractivity contribution is 7.99. The monoisotopic (exact) mass is 131 g/mol. The van der Waals surface area contributed by atoms with Gasteiger partial charge in [-0.2, -0.15) is 0 Å². The third-order valence-corrected chi connectivity index (χ3v) is 2.81. The Balaban J connectivity index is 2.13. The molecule has 1 atom stereocenters. The molecule has 1 unspecified atom stereocenters. The summed E-state index contributed by atoms with van der Waals surface area (Å²) in [6, 6.07) is 0.